The third-order valence-corrected chi connectivity index (χ3v) is 4.11. The lowest BCUT2D eigenvalue weighted by Gasteiger charge is -2.17. The van der Waals surface area contributed by atoms with E-state index in [2.05, 4.69) is 5.32 Å². The summed E-state index contributed by atoms with van der Waals surface area (Å²) in [4.78, 5) is 12.3. The fourth-order valence-corrected chi connectivity index (χ4v) is 2.51. The highest BCUT2D eigenvalue weighted by atomic mass is 35.5. The Kier molecular flexibility index (Phi) is 6.60. The summed E-state index contributed by atoms with van der Waals surface area (Å²) in [5.74, 6) is 0.532. The molecule has 0 aromatic heterocycles. The van der Waals surface area contributed by atoms with Crippen molar-refractivity contribution in [2.75, 3.05) is 11.9 Å². The summed E-state index contributed by atoms with van der Waals surface area (Å²) < 4.78 is 11.1. The standard InChI is InChI=1S/C17H16Cl3NO3/c1-3-23-15-7-5-4-6-14(15)21-17(22)10(2)24-16-9-12(19)11(18)8-13(16)20/h4-10H,3H2,1-2H3,(H,21,22)/t10-/m0/s1. The van der Waals surface area contributed by atoms with Crippen molar-refractivity contribution in [1.29, 1.82) is 0 Å². The zero-order valence-electron chi connectivity index (χ0n) is 13.1. The Bertz CT molecular complexity index is 737. The molecule has 0 aliphatic carbocycles. The Morgan fingerprint density at radius 3 is 2.46 bits per heavy atom. The second-order valence-corrected chi connectivity index (χ2v) is 6.10. The number of ether oxygens (including phenoxy) is 2. The molecule has 0 bridgehead atoms. The van der Waals surface area contributed by atoms with E-state index in [1.807, 2.05) is 13.0 Å². The van der Waals surface area contributed by atoms with Gasteiger partial charge in [-0.05, 0) is 32.0 Å². The first-order valence-corrected chi connectivity index (χ1v) is 8.39. The maximum atomic E-state index is 12.3. The van der Waals surface area contributed by atoms with Gasteiger partial charge < -0.3 is 14.8 Å². The van der Waals surface area contributed by atoms with Crippen LogP contribution in [0.25, 0.3) is 0 Å². The molecule has 0 saturated heterocycles. The van der Waals surface area contributed by atoms with Gasteiger partial charge in [-0.2, -0.15) is 0 Å². The van der Waals surface area contributed by atoms with Gasteiger partial charge >= 0.3 is 0 Å². The van der Waals surface area contributed by atoms with E-state index in [4.69, 9.17) is 44.3 Å². The summed E-state index contributed by atoms with van der Waals surface area (Å²) in [6.07, 6.45) is -0.797. The predicted molar refractivity (Wildman–Crippen MR) is 97.8 cm³/mol. The largest absolute Gasteiger partial charge is 0.492 e. The molecule has 1 amide bonds. The van der Waals surface area contributed by atoms with Gasteiger partial charge in [0.2, 0.25) is 0 Å². The second kappa shape index (κ2) is 8.47. The molecule has 0 saturated carbocycles. The quantitative estimate of drug-likeness (QED) is 0.669. The van der Waals surface area contributed by atoms with Crippen LogP contribution in [-0.4, -0.2) is 18.6 Å². The van der Waals surface area contributed by atoms with E-state index < -0.39 is 6.10 Å². The molecule has 0 aliphatic rings. The minimum Gasteiger partial charge on any atom is -0.492 e. The van der Waals surface area contributed by atoms with Crippen molar-refractivity contribution in [2.24, 2.45) is 0 Å². The molecule has 1 atom stereocenters. The Balaban J connectivity index is 2.09. The zero-order chi connectivity index (χ0) is 17.7. The van der Waals surface area contributed by atoms with Crippen LogP contribution < -0.4 is 14.8 Å². The fourth-order valence-electron chi connectivity index (χ4n) is 1.92. The molecule has 0 heterocycles. The summed E-state index contributed by atoms with van der Waals surface area (Å²) in [6.45, 7) is 3.98. The summed E-state index contributed by atoms with van der Waals surface area (Å²) >= 11 is 17.9. The number of carbonyl (C=O) groups is 1. The molecule has 2 aromatic carbocycles. The second-order valence-electron chi connectivity index (χ2n) is 4.88. The minimum atomic E-state index is -0.797. The number of hydrogen-bond acceptors (Lipinski definition) is 3. The molecule has 1 N–H and O–H groups in total. The highest BCUT2D eigenvalue weighted by Gasteiger charge is 2.18. The number of amides is 1. The van der Waals surface area contributed by atoms with E-state index >= 15 is 0 Å². The van der Waals surface area contributed by atoms with Crippen LogP contribution in [0.1, 0.15) is 13.8 Å². The maximum Gasteiger partial charge on any atom is 0.265 e. The van der Waals surface area contributed by atoms with Crippen molar-refractivity contribution in [2.45, 2.75) is 20.0 Å². The lowest BCUT2D eigenvalue weighted by atomic mass is 10.2. The Morgan fingerprint density at radius 2 is 1.75 bits per heavy atom. The first-order chi connectivity index (χ1) is 11.4. The van der Waals surface area contributed by atoms with Crippen LogP contribution in [0.3, 0.4) is 0 Å². The van der Waals surface area contributed by atoms with E-state index in [-0.39, 0.29) is 16.7 Å². The molecular formula is C17H16Cl3NO3. The van der Waals surface area contributed by atoms with Crippen molar-refractivity contribution in [3.63, 3.8) is 0 Å². The number of para-hydroxylation sites is 2. The molecular weight excluding hydrogens is 373 g/mol. The Morgan fingerprint density at radius 1 is 1.08 bits per heavy atom. The first kappa shape index (κ1) is 18.7. The van der Waals surface area contributed by atoms with Crippen molar-refractivity contribution >= 4 is 46.4 Å². The third-order valence-electron chi connectivity index (χ3n) is 3.09. The maximum absolute atomic E-state index is 12.3. The van der Waals surface area contributed by atoms with Gasteiger partial charge in [-0.1, -0.05) is 46.9 Å². The normalized spacial score (nSPS) is 11.7. The van der Waals surface area contributed by atoms with E-state index in [0.29, 0.717) is 28.1 Å². The van der Waals surface area contributed by atoms with E-state index in [1.54, 1.807) is 25.1 Å². The SMILES string of the molecule is CCOc1ccccc1NC(=O)[C@H](C)Oc1cc(Cl)c(Cl)cc1Cl. The smallest absolute Gasteiger partial charge is 0.265 e. The average molecular weight is 389 g/mol. The van der Waals surface area contributed by atoms with Crippen molar-refractivity contribution in [3.8, 4) is 11.5 Å². The molecule has 0 fully saturated rings. The average Bonchev–Trinajstić information content (AvgIpc) is 2.54. The van der Waals surface area contributed by atoms with Crippen molar-refractivity contribution in [1.82, 2.24) is 0 Å². The van der Waals surface area contributed by atoms with E-state index in [9.17, 15) is 4.79 Å². The van der Waals surface area contributed by atoms with E-state index in [1.165, 1.54) is 12.1 Å². The lowest BCUT2D eigenvalue weighted by Crippen LogP contribution is -2.30. The molecule has 24 heavy (non-hydrogen) atoms. The molecule has 0 unspecified atom stereocenters. The van der Waals surface area contributed by atoms with Gasteiger partial charge in [0.05, 0.1) is 27.4 Å². The highest BCUT2D eigenvalue weighted by molar-refractivity contribution is 6.43. The number of carbonyl (C=O) groups excluding carboxylic acids is 1. The van der Waals surface area contributed by atoms with Gasteiger partial charge in [0.15, 0.2) is 6.10 Å². The van der Waals surface area contributed by atoms with Gasteiger partial charge in [0.25, 0.3) is 5.91 Å². The molecule has 0 spiro atoms. The van der Waals surface area contributed by atoms with E-state index in [0.717, 1.165) is 0 Å². The summed E-state index contributed by atoms with van der Waals surface area (Å²) in [5.41, 5.74) is 0.569. The number of anilines is 1. The molecule has 4 nitrogen and oxygen atoms in total. The molecule has 128 valence electrons. The number of benzene rings is 2. The van der Waals surface area contributed by atoms with Gasteiger partial charge in [-0.3, -0.25) is 4.79 Å². The number of halogens is 3. The lowest BCUT2D eigenvalue weighted by molar-refractivity contribution is -0.122. The Hall–Kier alpha value is -1.62. The highest BCUT2D eigenvalue weighted by Crippen LogP contribution is 2.34. The van der Waals surface area contributed by atoms with Crippen molar-refractivity contribution in [3.05, 3.63) is 51.5 Å². The first-order valence-electron chi connectivity index (χ1n) is 7.26. The van der Waals surface area contributed by atoms with Gasteiger partial charge in [-0.25, -0.2) is 0 Å². The zero-order valence-corrected chi connectivity index (χ0v) is 15.4. The van der Waals surface area contributed by atoms with Crippen LogP contribution >= 0.6 is 34.8 Å². The van der Waals surface area contributed by atoms with Gasteiger partial charge in [-0.15, -0.1) is 0 Å². The predicted octanol–water partition coefficient (Wildman–Crippen LogP) is 5.45. The monoisotopic (exact) mass is 387 g/mol. The van der Waals surface area contributed by atoms with Crippen molar-refractivity contribution < 1.29 is 14.3 Å². The number of nitrogens with one attached hydrogen (secondary N) is 1. The van der Waals surface area contributed by atoms with Crippen LogP contribution in [0.4, 0.5) is 5.69 Å². The number of rotatable bonds is 6. The van der Waals surface area contributed by atoms with Crippen LogP contribution in [0, 0.1) is 0 Å². The van der Waals surface area contributed by atoms with Crippen LogP contribution in [0.2, 0.25) is 15.1 Å². The summed E-state index contributed by atoms with van der Waals surface area (Å²) in [5, 5.41) is 3.66. The molecule has 0 aliphatic heterocycles. The van der Waals surface area contributed by atoms with Gasteiger partial charge in [0, 0.05) is 6.07 Å². The minimum absolute atomic E-state index is 0.277. The number of hydrogen-bond donors (Lipinski definition) is 1. The Labute approximate surface area is 155 Å². The fraction of sp³-hybridized carbons (Fsp3) is 0.235. The summed E-state index contributed by atoms with van der Waals surface area (Å²) in [7, 11) is 0. The molecule has 0 radical (unpaired) electrons. The molecule has 7 heteroatoms. The summed E-state index contributed by atoms with van der Waals surface area (Å²) in [6, 6.07) is 10.1. The van der Waals surface area contributed by atoms with Crippen LogP contribution in [-0.2, 0) is 4.79 Å². The molecule has 2 rings (SSSR count). The third kappa shape index (κ3) is 4.69. The molecule has 2 aromatic rings. The van der Waals surface area contributed by atoms with Gasteiger partial charge in [0.1, 0.15) is 11.5 Å². The van der Waals surface area contributed by atoms with Crippen LogP contribution in [0.15, 0.2) is 36.4 Å². The topological polar surface area (TPSA) is 47.6 Å². The van der Waals surface area contributed by atoms with Crippen LogP contribution in [0.5, 0.6) is 11.5 Å².